The van der Waals surface area contributed by atoms with E-state index in [1.54, 1.807) is 17.0 Å². The van der Waals surface area contributed by atoms with Crippen molar-refractivity contribution in [1.82, 2.24) is 9.21 Å². The molecule has 2 rings (SSSR count). The largest absolute Gasteiger partial charge is 0.497 e. The Kier molecular flexibility index (Phi) is 8.61. The molecule has 2 N–H and O–H groups in total. The minimum atomic E-state index is -3.73. The smallest absolute Gasteiger partial charge is 0.247 e. The Balaban J connectivity index is 0.00000338. The zero-order valence-corrected chi connectivity index (χ0v) is 16.6. The van der Waals surface area contributed by atoms with Crippen LogP contribution in [0.5, 0.6) is 11.5 Å². The maximum atomic E-state index is 13.0. The van der Waals surface area contributed by atoms with Crippen LogP contribution in [0.15, 0.2) is 23.1 Å². The standard InChI is InChI=1S/C16H25N3O5S.ClH/c1-23-13-5-6-14(24-2)15(12-13)25(21,22)19-10-8-18(9-11-19)16(20)4-3-7-17;/h5-6,12H,3-4,7-11,17H2,1-2H3;1H. The first kappa shape index (κ1) is 22.5. The number of nitrogens with zero attached hydrogens (tertiary/aromatic N) is 2. The highest BCUT2D eigenvalue weighted by Crippen LogP contribution is 2.31. The number of carbonyl (C=O) groups excluding carboxylic acids is 1. The molecule has 0 radical (unpaired) electrons. The molecule has 1 fully saturated rings. The number of ether oxygens (including phenoxy) is 2. The number of hydrogen-bond donors (Lipinski definition) is 1. The lowest BCUT2D eigenvalue weighted by atomic mass is 10.2. The van der Waals surface area contributed by atoms with Gasteiger partial charge in [-0.05, 0) is 25.1 Å². The van der Waals surface area contributed by atoms with Crippen molar-refractivity contribution in [3.63, 3.8) is 0 Å². The predicted molar refractivity (Wildman–Crippen MR) is 100 cm³/mol. The fraction of sp³-hybridized carbons (Fsp3) is 0.562. The monoisotopic (exact) mass is 407 g/mol. The lowest BCUT2D eigenvalue weighted by Crippen LogP contribution is -2.50. The third-order valence-electron chi connectivity index (χ3n) is 4.17. The number of sulfonamides is 1. The van der Waals surface area contributed by atoms with Gasteiger partial charge in [0.15, 0.2) is 0 Å². The molecule has 0 saturated carbocycles. The molecule has 0 spiro atoms. The molecule has 1 amide bonds. The summed E-state index contributed by atoms with van der Waals surface area (Å²) in [6, 6.07) is 4.66. The van der Waals surface area contributed by atoms with Crippen molar-refractivity contribution in [2.24, 2.45) is 5.73 Å². The van der Waals surface area contributed by atoms with Gasteiger partial charge in [0.25, 0.3) is 0 Å². The molecule has 1 saturated heterocycles. The van der Waals surface area contributed by atoms with Crippen LogP contribution >= 0.6 is 12.4 Å². The Morgan fingerprint density at radius 2 is 1.81 bits per heavy atom. The van der Waals surface area contributed by atoms with Crippen LogP contribution in [0.3, 0.4) is 0 Å². The van der Waals surface area contributed by atoms with E-state index < -0.39 is 10.0 Å². The maximum absolute atomic E-state index is 13.0. The zero-order valence-electron chi connectivity index (χ0n) is 15.0. The van der Waals surface area contributed by atoms with Crippen molar-refractivity contribution in [2.75, 3.05) is 46.9 Å². The van der Waals surface area contributed by atoms with Crippen LogP contribution < -0.4 is 15.2 Å². The SMILES string of the molecule is COc1ccc(OC)c(S(=O)(=O)N2CCN(C(=O)CCCN)CC2)c1.Cl. The highest BCUT2D eigenvalue weighted by atomic mass is 35.5. The number of hydrogen-bond acceptors (Lipinski definition) is 6. The second-order valence-corrected chi connectivity index (χ2v) is 7.60. The Labute approximate surface area is 160 Å². The number of amides is 1. The van der Waals surface area contributed by atoms with E-state index in [0.29, 0.717) is 38.2 Å². The van der Waals surface area contributed by atoms with E-state index in [9.17, 15) is 13.2 Å². The molecule has 10 heteroatoms. The van der Waals surface area contributed by atoms with E-state index in [2.05, 4.69) is 0 Å². The number of carbonyl (C=O) groups is 1. The van der Waals surface area contributed by atoms with E-state index in [1.165, 1.54) is 24.6 Å². The van der Waals surface area contributed by atoms with Crippen LogP contribution in [-0.2, 0) is 14.8 Å². The summed E-state index contributed by atoms with van der Waals surface area (Å²) in [6.07, 6.45) is 1.03. The lowest BCUT2D eigenvalue weighted by molar-refractivity contribution is -0.132. The molecule has 1 aliphatic rings. The van der Waals surface area contributed by atoms with Crippen molar-refractivity contribution in [1.29, 1.82) is 0 Å². The summed E-state index contributed by atoms with van der Waals surface area (Å²) in [7, 11) is -0.831. The molecule has 0 aromatic heterocycles. The minimum absolute atomic E-state index is 0. The minimum Gasteiger partial charge on any atom is -0.497 e. The third kappa shape index (κ3) is 5.00. The number of nitrogens with two attached hydrogens (primary N) is 1. The fourth-order valence-corrected chi connectivity index (χ4v) is 4.31. The normalized spacial score (nSPS) is 15.3. The number of benzene rings is 1. The molecule has 148 valence electrons. The molecule has 26 heavy (non-hydrogen) atoms. The van der Waals surface area contributed by atoms with Crippen molar-refractivity contribution in [2.45, 2.75) is 17.7 Å². The Morgan fingerprint density at radius 1 is 1.15 bits per heavy atom. The molecule has 1 heterocycles. The second-order valence-electron chi connectivity index (χ2n) is 5.69. The van der Waals surface area contributed by atoms with Crippen LogP contribution in [0.2, 0.25) is 0 Å². The van der Waals surface area contributed by atoms with E-state index in [4.69, 9.17) is 15.2 Å². The summed E-state index contributed by atoms with van der Waals surface area (Å²) in [5.41, 5.74) is 5.42. The first-order valence-corrected chi connectivity index (χ1v) is 9.58. The summed E-state index contributed by atoms with van der Waals surface area (Å²) < 4.78 is 37.6. The van der Waals surface area contributed by atoms with Gasteiger partial charge < -0.3 is 20.1 Å². The first-order valence-electron chi connectivity index (χ1n) is 8.14. The van der Waals surface area contributed by atoms with E-state index in [1.807, 2.05) is 0 Å². The van der Waals surface area contributed by atoms with Crippen LogP contribution in [0, 0.1) is 0 Å². The zero-order chi connectivity index (χ0) is 18.4. The van der Waals surface area contributed by atoms with Crippen molar-refractivity contribution in [3.8, 4) is 11.5 Å². The maximum Gasteiger partial charge on any atom is 0.247 e. The molecule has 8 nitrogen and oxygen atoms in total. The van der Waals surface area contributed by atoms with Crippen LogP contribution in [0.1, 0.15) is 12.8 Å². The summed E-state index contributed by atoms with van der Waals surface area (Å²) in [6.45, 7) is 1.70. The Morgan fingerprint density at radius 3 is 2.35 bits per heavy atom. The fourth-order valence-electron chi connectivity index (χ4n) is 2.71. The van der Waals surface area contributed by atoms with Crippen molar-refractivity contribution in [3.05, 3.63) is 18.2 Å². The summed E-state index contributed by atoms with van der Waals surface area (Å²) in [5.74, 6) is 0.721. The molecule has 0 atom stereocenters. The van der Waals surface area contributed by atoms with Gasteiger partial charge in [-0.3, -0.25) is 4.79 Å². The van der Waals surface area contributed by atoms with Crippen molar-refractivity contribution < 1.29 is 22.7 Å². The molecular formula is C16H26ClN3O5S. The van der Waals surface area contributed by atoms with Crippen LogP contribution in [-0.4, -0.2) is 70.5 Å². The highest BCUT2D eigenvalue weighted by molar-refractivity contribution is 7.89. The van der Waals surface area contributed by atoms with Crippen molar-refractivity contribution >= 4 is 28.3 Å². The van der Waals surface area contributed by atoms with Gasteiger partial charge in [-0.2, -0.15) is 4.31 Å². The number of halogens is 1. The summed E-state index contributed by atoms with van der Waals surface area (Å²) in [5, 5.41) is 0. The Bertz CT molecular complexity index is 706. The number of rotatable bonds is 7. The van der Waals surface area contributed by atoms with Gasteiger partial charge in [-0.25, -0.2) is 8.42 Å². The highest BCUT2D eigenvalue weighted by Gasteiger charge is 2.32. The van der Waals surface area contributed by atoms with E-state index in [0.717, 1.165) is 0 Å². The number of methoxy groups -OCH3 is 2. The summed E-state index contributed by atoms with van der Waals surface area (Å²) in [4.78, 5) is 13.8. The van der Waals surface area contributed by atoms with E-state index >= 15 is 0 Å². The van der Waals surface area contributed by atoms with Gasteiger partial charge in [-0.15, -0.1) is 12.4 Å². The molecular weight excluding hydrogens is 382 g/mol. The average Bonchev–Trinajstić information content (AvgIpc) is 2.65. The second kappa shape index (κ2) is 9.96. The van der Waals surface area contributed by atoms with Gasteiger partial charge >= 0.3 is 0 Å². The topological polar surface area (TPSA) is 102 Å². The average molecular weight is 408 g/mol. The van der Waals surface area contributed by atoms with Gasteiger partial charge in [0.1, 0.15) is 16.4 Å². The molecule has 1 aliphatic heterocycles. The van der Waals surface area contributed by atoms with Crippen LogP contribution in [0.4, 0.5) is 0 Å². The lowest BCUT2D eigenvalue weighted by Gasteiger charge is -2.34. The van der Waals surface area contributed by atoms with Crippen LogP contribution in [0.25, 0.3) is 0 Å². The van der Waals surface area contributed by atoms with E-state index in [-0.39, 0.29) is 42.0 Å². The molecule has 1 aromatic carbocycles. The van der Waals surface area contributed by atoms with Gasteiger partial charge in [0.2, 0.25) is 15.9 Å². The Hall–Kier alpha value is -1.55. The number of piperazine rings is 1. The molecule has 0 aliphatic carbocycles. The first-order chi connectivity index (χ1) is 11.9. The predicted octanol–water partition coefficient (Wildman–Crippen LogP) is 0.697. The molecule has 0 bridgehead atoms. The molecule has 0 unspecified atom stereocenters. The van der Waals surface area contributed by atoms with Gasteiger partial charge in [-0.1, -0.05) is 0 Å². The van der Waals surface area contributed by atoms with Gasteiger partial charge in [0.05, 0.1) is 14.2 Å². The summed E-state index contributed by atoms with van der Waals surface area (Å²) >= 11 is 0. The third-order valence-corrected chi connectivity index (χ3v) is 6.09. The molecule has 1 aromatic rings. The van der Waals surface area contributed by atoms with Gasteiger partial charge in [0, 0.05) is 38.7 Å². The quantitative estimate of drug-likeness (QED) is 0.713.